The first kappa shape index (κ1) is 26.6. The first-order chi connectivity index (χ1) is 18.3. The lowest BCUT2D eigenvalue weighted by atomic mass is 9.66. The highest BCUT2D eigenvalue weighted by molar-refractivity contribution is 5.87. The van der Waals surface area contributed by atoms with E-state index >= 15 is 0 Å². The van der Waals surface area contributed by atoms with Gasteiger partial charge in [-0.2, -0.15) is 4.98 Å². The average molecular weight is 514 g/mol. The van der Waals surface area contributed by atoms with Crippen LogP contribution in [0.15, 0.2) is 95.9 Å². The summed E-state index contributed by atoms with van der Waals surface area (Å²) < 4.78 is 12.1. The van der Waals surface area contributed by atoms with Crippen molar-refractivity contribution in [2.75, 3.05) is 19.5 Å². The molecule has 0 aliphatic rings. The van der Waals surface area contributed by atoms with Crippen molar-refractivity contribution in [3.63, 3.8) is 0 Å². The molecule has 2 N–H and O–H groups in total. The Morgan fingerprint density at radius 3 is 1.89 bits per heavy atom. The zero-order valence-corrected chi connectivity index (χ0v) is 21.6. The van der Waals surface area contributed by atoms with Crippen LogP contribution >= 0.6 is 0 Å². The Bertz CT molecular complexity index is 1370. The molecule has 0 radical (unpaired) electrons. The Morgan fingerprint density at radius 1 is 0.895 bits per heavy atom. The summed E-state index contributed by atoms with van der Waals surface area (Å²) in [5.41, 5.74) is 1.59. The molecule has 0 fully saturated rings. The predicted molar refractivity (Wildman–Crippen MR) is 146 cm³/mol. The Morgan fingerprint density at radius 2 is 1.42 bits per heavy atom. The van der Waals surface area contributed by atoms with Crippen LogP contribution in [0.2, 0.25) is 0 Å². The molecular formula is C30H31N3O5. The predicted octanol–water partition coefficient (Wildman–Crippen LogP) is 4.00. The molecule has 0 aliphatic heterocycles. The number of methoxy groups -OCH3 is 2. The maximum absolute atomic E-state index is 12.6. The summed E-state index contributed by atoms with van der Waals surface area (Å²) in [5.74, 6) is 1.30. The van der Waals surface area contributed by atoms with Gasteiger partial charge in [0, 0.05) is 18.5 Å². The summed E-state index contributed by atoms with van der Waals surface area (Å²) in [5, 5.41) is 14.0. The van der Waals surface area contributed by atoms with Crippen molar-refractivity contribution in [3.8, 4) is 11.5 Å². The molecule has 1 atom stereocenters. The third-order valence-corrected chi connectivity index (χ3v) is 6.56. The van der Waals surface area contributed by atoms with Gasteiger partial charge in [0.25, 0.3) is 0 Å². The van der Waals surface area contributed by atoms with E-state index in [2.05, 4.69) is 10.3 Å². The summed E-state index contributed by atoms with van der Waals surface area (Å²) in [6, 6.07) is 27.1. The van der Waals surface area contributed by atoms with Gasteiger partial charge in [0.1, 0.15) is 17.3 Å². The van der Waals surface area contributed by atoms with Gasteiger partial charge in [0.2, 0.25) is 5.91 Å². The SMILES string of the molecule is COc1ccc(C(CC(O)Cn2ccc(NC(C)=O)nc2=O)(c2ccccc2)c2ccc(OC)cc2)cc1. The first-order valence-corrected chi connectivity index (χ1v) is 12.2. The normalized spacial score (nSPS) is 12.0. The number of rotatable bonds is 10. The largest absolute Gasteiger partial charge is 0.497 e. The van der Waals surface area contributed by atoms with Gasteiger partial charge in [-0.1, -0.05) is 54.6 Å². The number of nitrogens with zero attached hydrogens (tertiary/aromatic N) is 2. The number of carbonyl (C=O) groups excluding carboxylic acids is 1. The van der Waals surface area contributed by atoms with E-state index in [-0.39, 0.29) is 24.7 Å². The summed E-state index contributed by atoms with van der Waals surface area (Å²) in [6.07, 6.45) is 0.871. The maximum atomic E-state index is 12.6. The molecule has 1 unspecified atom stereocenters. The van der Waals surface area contributed by atoms with Crippen molar-refractivity contribution < 1.29 is 19.4 Å². The monoisotopic (exact) mass is 513 g/mol. The molecular weight excluding hydrogens is 482 g/mol. The summed E-state index contributed by atoms with van der Waals surface area (Å²) >= 11 is 0. The van der Waals surface area contributed by atoms with Gasteiger partial charge in [-0.25, -0.2) is 4.79 Å². The van der Waals surface area contributed by atoms with Gasteiger partial charge < -0.3 is 19.9 Å². The van der Waals surface area contributed by atoms with E-state index < -0.39 is 17.2 Å². The molecule has 0 aliphatic carbocycles. The third-order valence-electron chi connectivity index (χ3n) is 6.56. The lowest BCUT2D eigenvalue weighted by Crippen LogP contribution is -2.37. The molecule has 4 rings (SSSR count). The number of aliphatic hydroxyl groups excluding tert-OH is 1. The molecule has 1 aromatic heterocycles. The van der Waals surface area contributed by atoms with Gasteiger partial charge in [0.15, 0.2) is 0 Å². The van der Waals surface area contributed by atoms with Crippen molar-refractivity contribution in [1.29, 1.82) is 0 Å². The van der Waals surface area contributed by atoms with Gasteiger partial charge in [-0.3, -0.25) is 9.36 Å². The van der Waals surface area contributed by atoms with Crippen molar-refractivity contribution in [3.05, 3.63) is 118 Å². The van der Waals surface area contributed by atoms with Crippen LogP contribution < -0.4 is 20.5 Å². The number of aliphatic hydroxyl groups is 1. The number of aromatic nitrogens is 2. The molecule has 3 aromatic carbocycles. The molecule has 0 saturated carbocycles. The summed E-state index contributed by atoms with van der Waals surface area (Å²) in [7, 11) is 3.24. The number of benzene rings is 3. The fraction of sp³-hybridized carbons (Fsp3) is 0.233. The van der Waals surface area contributed by atoms with E-state index in [0.29, 0.717) is 0 Å². The minimum atomic E-state index is -0.925. The quantitative estimate of drug-likeness (QED) is 0.311. The van der Waals surface area contributed by atoms with E-state index in [0.717, 1.165) is 28.2 Å². The average Bonchev–Trinajstić information content (AvgIpc) is 2.93. The second-order valence-electron chi connectivity index (χ2n) is 9.02. The molecule has 0 spiro atoms. The lowest BCUT2D eigenvalue weighted by molar-refractivity contribution is -0.114. The zero-order chi connectivity index (χ0) is 27.1. The van der Waals surface area contributed by atoms with E-state index in [4.69, 9.17) is 9.47 Å². The van der Waals surface area contributed by atoms with Gasteiger partial charge >= 0.3 is 5.69 Å². The standard InChI is InChI=1S/C30H31N3O5/c1-21(34)31-28-17-18-33(29(36)32-28)20-25(35)19-30(22-7-5-4-6-8-22,23-9-13-26(37-2)14-10-23)24-11-15-27(38-3)16-12-24/h4-18,25,35H,19-20H2,1-3H3,(H,31,32,34,36). The number of hydrogen-bond acceptors (Lipinski definition) is 6. The topological polar surface area (TPSA) is 103 Å². The van der Waals surface area contributed by atoms with Crippen LogP contribution in [0.5, 0.6) is 11.5 Å². The van der Waals surface area contributed by atoms with Crippen molar-refractivity contribution in [2.45, 2.75) is 31.4 Å². The van der Waals surface area contributed by atoms with Crippen LogP contribution in [0, 0.1) is 0 Å². The van der Waals surface area contributed by atoms with Crippen LogP contribution in [0.4, 0.5) is 5.82 Å². The minimum Gasteiger partial charge on any atom is -0.497 e. The van der Waals surface area contributed by atoms with Crippen LogP contribution in [-0.2, 0) is 16.8 Å². The van der Waals surface area contributed by atoms with E-state index in [1.807, 2.05) is 78.9 Å². The molecule has 1 heterocycles. The minimum absolute atomic E-state index is 0.0209. The lowest BCUT2D eigenvalue weighted by Gasteiger charge is -2.38. The third kappa shape index (κ3) is 5.76. The second-order valence-corrected chi connectivity index (χ2v) is 9.02. The van der Waals surface area contributed by atoms with Crippen LogP contribution in [0.3, 0.4) is 0 Å². The summed E-state index contributed by atoms with van der Waals surface area (Å²) in [4.78, 5) is 27.9. The smallest absolute Gasteiger partial charge is 0.349 e. The molecule has 196 valence electrons. The zero-order valence-electron chi connectivity index (χ0n) is 21.6. The Balaban J connectivity index is 1.79. The van der Waals surface area contributed by atoms with Crippen molar-refractivity contribution >= 4 is 11.7 Å². The number of amides is 1. The number of anilines is 1. The van der Waals surface area contributed by atoms with Crippen LogP contribution in [0.1, 0.15) is 30.0 Å². The maximum Gasteiger partial charge on any atom is 0.349 e. The first-order valence-electron chi connectivity index (χ1n) is 12.2. The Kier molecular flexibility index (Phi) is 8.23. The highest BCUT2D eigenvalue weighted by Gasteiger charge is 2.38. The Hall–Kier alpha value is -4.43. The highest BCUT2D eigenvalue weighted by Crippen LogP contribution is 2.44. The molecule has 1 amide bonds. The van der Waals surface area contributed by atoms with Gasteiger partial charge in [-0.05, 0) is 53.4 Å². The summed E-state index contributed by atoms with van der Waals surface area (Å²) in [6.45, 7) is 1.37. The molecule has 4 aromatic rings. The molecule has 38 heavy (non-hydrogen) atoms. The van der Waals surface area contributed by atoms with E-state index in [1.165, 1.54) is 23.8 Å². The van der Waals surface area contributed by atoms with Gasteiger partial charge in [0.05, 0.1) is 26.9 Å². The second kappa shape index (κ2) is 11.7. The van der Waals surface area contributed by atoms with E-state index in [9.17, 15) is 14.7 Å². The number of ether oxygens (including phenoxy) is 2. The fourth-order valence-corrected chi connectivity index (χ4v) is 4.79. The van der Waals surface area contributed by atoms with Crippen molar-refractivity contribution in [2.24, 2.45) is 0 Å². The van der Waals surface area contributed by atoms with E-state index in [1.54, 1.807) is 14.2 Å². The van der Waals surface area contributed by atoms with Crippen molar-refractivity contribution in [1.82, 2.24) is 9.55 Å². The number of nitrogens with one attached hydrogen (secondary N) is 1. The molecule has 8 nitrogen and oxygen atoms in total. The Labute approximate surface area is 221 Å². The molecule has 0 bridgehead atoms. The van der Waals surface area contributed by atoms with Gasteiger partial charge in [-0.15, -0.1) is 0 Å². The van der Waals surface area contributed by atoms with Crippen LogP contribution in [0.25, 0.3) is 0 Å². The number of hydrogen-bond donors (Lipinski definition) is 2. The number of carbonyl (C=O) groups is 1. The molecule has 8 heteroatoms. The van der Waals surface area contributed by atoms with Crippen LogP contribution in [-0.4, -0.2) is 40.9 Å². The highest BCUT2D eigenvalue weighted by atomic mass is 16.5. The fourth-order valence-electron chi connectivity index (χ4n) is 4.79. The molecule has 0 saturated heterocycles.